The number of rotatable bonds is 2. The van der Waals surface area contributed by atoms with Gasteiger partial charge in [0.1, 0.15) is 0 Å². The van der Waals surface area contributed by atoms with Gasteiger partial charge in [-0.15, -0.1) is 0 Å². The van der Waals surface area contributed by atoms with Gasteiger partial charge in [0.05, 0.1) is 5.69 Å². The number of nitrogens with one attached hydrogen (secondary N) is 1. The van der Waals surface area contributed by atoms with Crippen LogP contribution in [0.15, 0.2) is 0 Å². The summed E-state index contributed by atoms with van der Waals surface area (Å²) in [6.45, 7) is 4.12. The van der Waals surface area contributed by atoms with Crippen molar-refractivity contribution in [2.75, 3.05) is 7.05 Å². The average Bonchev–Trinajstić information content (AvgIpc) is 2.44. The normalized spacial score (nSPS) is 20.9. The van der Waals surface area contributed by atoms with Crippen LogP contribution in [-0.2, 0) is 19.5 Å². The van der Waals surface area contributed by atoms with E-state index in [1.165, 1.54) is 12.1 Å². The Bertz CT molecular complexity index is 332. The molecule has 78 valence electrons. The second-order valence-electron chi connectivity index (χ2n) is 4.05. The molecule has 0 aromatic carbocycles. The number of fused-ring (bicyclic) bond motifs is 1. The minimum Gasteiger partial charge on any atom is -0.319 e. The van der Waals surface area contributed by atoms with Crippen molar-refractivity contribution >= 4 is 11.6 Å². The van der Waals surface area contributed by atoms with E-state index in [9.17, 15) is 0 Å². The van der Waals surface area contributed by atoms with Gasteiger partial charge in [0.15, 0.2) is 0 Å². The van der Waals surface area contributed by atoms with Crippen LogP contribution in [0.2, 0.25) is 5.28 Å². The van der Waals surface area contributed by atoms with Crippen molar-refractivity contribution in [1.82, 2.24) is 14.9 Å². The van der Waals surface area contributed by atoms with Crippen molar-refractivity contribution in [3.05, 3.63) is 16.7 Å². The maximum atomic E-state index is 6.07. The highest BCUT2D eigenvalue weighted by Crippen LogP contribution is 2.26. The number of hydrogen-bond donors (Lipinski definition) is 1. The second kappa shape index (κ2) is 3.91. The molecule has 1 atom stereocenters. The van der Waals surface area contributed by atoms with E-state index in [2.05, 4.69) is 21.8 Å². The first-order valence-electron chi connectivity index (χ1n) is 5.10. The maximum absolute atomic E-state index is 6.07. The van der Waals surface area contributed by atoms with E-state index in [0.717, 1.165) is 31.1 Å². The predicted octanol–water partition coefficient (Wildman–Crippen LogP) is 1.84. The van der Waals surface area contributed by atoms with Crippen LogP contribution in [0.5, 0.6) is 0 Å². The molecule has 2 rings (SSSR count). The SMILES string of the molecule is CNCc1nc(Cl)n2c1CC(C)CC2. The van der Waals surface area contributed by atoms with E-state index < -0.39 is 0 Å². The summed E-state index contributed by atoms with van der Waals surface area (Å²) in [6, 6.07) is 0. The molecule has 0 bridgehead atoms. The quantitative estimate of drug-likeness (QED) is 0.813. The van der Waals surface area contributed by atoms with E-state index in [1.54, 1.807) is 0 Å². The Morgan fingerprint density at radius 2 is 2.43 bits per heavy atom. The van der Waals surface area contributed by atoms with Gasteiger partial charge in [0.25, 0.3) is 0 Å². The molecule has 14 heavy (non-hydrogen) atoms. The molecule has 0 saturated carbocycles. The molecule has 1 N–H and O–H groups in total. The summed E-state index contributed by atoms with van der Waals surface area (Å²) < 4.78 is 2.15. The van der Waals surface area contributed by atoms with Crippen LogP contribution in [0.3, 0.4) is 0 Å². The zero-order valence-electron chi connectivity index (χ0n) is 8.68. The van der Waals surface area contributed by atoms with Crippen LogP contribution in [0.1, 0.15) is 24.7 Å². The predicted molar refractivity (Wildman–Crippen MR) is 57.5 cm³/mol. The van der Waals surface area contributed by atoms with Crippen molar-refractivity contribution in [3.63, 3.8) is 0 Å². The topological polar surface area (TPSA) is 29.9 Å². The molecular weight excluding hydrogens is 198 g/mol. The Kier molecular flexibility index (Phi) is 2.79. The van der Waals surface area contributed by atoms with Gasteiger partial charge in [-0.05, 0) is 37.4 Å². The molecule has 0 spiro atoms. The zero-order valence-corrected chi connectivity index (χ0v) is 9.43. The number of aromatic nitrogens is 2. The Morgan fingerprint density at radius 1 is 1.64 bits per heavy atom. The average molecular weight is 214 g/mol. The summed E-state index contributed by atoms with van der Waals surface area (Å²) in [5, 5.41) is 3.78. The molecule has 4 heteroatoms. The lowest BCUT2D eigenvalue weighted by atomic mass is 9.97. The van der Waals surface area contributed by atoms with Crippen molar-refractivity contribution in [2.45, 2.75) is 32.9 Å². The highest BCUT2D eigenvalue weighted by molar-refractivity contribution is 6.28. The summed E-state index contributed by atoms with van der Waals surface area (Å²) in [5.41, 5.74) is 2.44. The third kappa shape index (κ3) is 1.66. The van der Waals surface area contributed by atoms with Crippen LogP contribution in [-0.4, -0.2) is 16.6 Å². The number of halogens is 1. The molecule has 3 nitrogen and oxygen atoms in total. The van der Waals surface area contributed by atoms with Gasteiger partial charge in [-0.3, -0.25) is 0 Å². The van der Waals surface area contributed by atoms with E-state index in [1.807, 2.05) is 7.05 Å². The largest absolute Gasteiger partial charge is 0.319 e. The number of imidazole rings is 1. The number of nitrogens with zero attached hydrogens (tertiary/aromatic N) is 2. The molecule has 1 aromatic rings. The first-order valence-corrected chi connectivity index (χ1v) is 5.48. The van der Waals surface area contributed by atoms with E-state index in [0.29, 0.717) is 5.28 Å². The van der Waals surface area contributed by atoms with Gasteiger partial charge in [-0.1, -0.05) is 6.92 Å². The zero-order chi connectivity index (χ0) is 10.1. The third-order valence-corrected chi connectivity index (χ3v) is 3.13. The van der Waals surface area contributed by atoms with Crippen molar-refractivity contribution in [1.29, 1.82) is 0 Å². The Morgan fingerprint density at radius 3 is 3.14 bits per heavy atom. The van der Waals surface area contributed by atoms with E-state index in [4.69, 9.17) is 11.6 Å². The summed E-state index contributed by atoms with van der Waals surface area (Å²) >= 11 is 6.07. The minimum atomic E-state index is 0.650. The molecule has 1 aromatic heterocycles. The van der Waals surface area contributed by atoms with Crippen molar-refractivity contribution in [2.24, 2.45) is 5.92 Å². The second-order valence-corrected chi connectivity index (χ2v) is 4.39. The van der Waals surface area contributed by atoms with E-state index in [-0.39, 0.29) is 0 Å². The molecule has 0 fully saturated rings. The highest BCUT2D eigenvalue weighted by Gasteiger charge is 2.21. The molecule has 1 unspecified atom stereocenters. The third-order valence-electron chi connectivity index (χ3n) is 2.84. The standard InChI is InChI=1S/C10H16ClN3/c1-7-3-4-14-9(5-7)8(6-12-2)13-10(14)11/h7,12H,3-6H2,1-2H3. The molecule has 1 aliphatic rings. The summed E-state index contributed by atoms with van der Waals surface area (Å²) in [7, 11) is 1.94. The fourth-order valence-corrected chi connectivity index (χ4v) is 2.34. The maximum Gasteiger partial charge on any atom is 0.203 e. The molecule has 2 heterocycles. The lowest BCUT2D eigenvalue weighted by Crippen LogP contribution is -2.19. The molecule has 0 saturated heterocycles. The Labute approximate surface area is 89.5 Å². The molecule has 0 aliphatic carbocycles. The highest BCUT2D eigenvalue weighted by atomic mass is 35.5. The monoisotopic (exact) mass is 213 g/mol. The van der Waals surface area contributed by atoms with Gasteiger partial charge in [0.2, 0.25) is 5.28 Å². The van der Waals surface area contributed by atoms with Gasteiger partial charge in [-0.25, -0.2) is 4.98 Å². The van der Waals surface area contributed by atoms with Gasteiger partial charge in [-0.2, -0.15) is 0 Å². The van der Waals surface area contributed by atoms with Crippen LogP contribution < -0.4 is 5.32 Å². The van der Waals surface area contributed by atoms with Gasteiger partial charge < -0.3 is 9.88 Å². The minimum absolute atomic E-state index is 0.650. The van der Waals surface area contributed by atoms with Crippen molar-refractivity contribution < 1.29 is 0 Å². The van der Waals surface area contributed by atoms with Crippen LogP contribution >= 0.6 is 11.6 Å². The number of hydrogen-bond acceptors (Lipinski definition) is 2. The smallest absolute Gasteiger partial charge is 0.203 e. The molecular formula is C10H16ClN3. The van der Waals surface area contributed by atoms with Gasteiger partial charge >= 0.3 is 0 Å². The fourth-order valence-electron chi connectivity index (χ4n) is 2.05. The fraction of sp³-hybridized carbons (Fsp3) is 0.700. The Balaban J connectivity index is 2.34. The van der Waals surface area contributed by atoms with Crippen molar-refractivity contribution in [3.8, 4) is 0 Å². The van der Waals surface area contributed by atoms with Crippen LogP contribution in [0.4, 0.5) is 0 Å². The molecule has 1 aliphatic heterocycles. The molecule has 0 amide bonds. The Hall–Kier alpha value is -0.540. The van der Waals surface area contributed by atoms with Crippen LogP contribution in [0.25, 0.3) is 0 Å². The molecule has 0 radical (unpaired) electrons. The lowest BCUT2D eigenvalue weighted by Gasteiger charge is -2.21. The summed E-state index contributed by atoms with van der Waals surface area (Å²) in [4.78, 5) is 4.38. The lowest BCUT2D eigenvalue weighted by molar-refractivity contribution is 0.414. The summed E-state index contributed by atoms with van der Waals surface area (Å²) in [6.07, 6.45) is 2.32. The first-order chi connectivity index (χ1) is 6.72. The van der Waals surface area contributed by atoms with Gasteiger partial charge in [0, 0.05) is 18.8 Å². The van der Waals surface area contributed by atoms with Crippen LogP contribution in [0, 0.1) is 5.92 Å². The first kappa shape index (κ1) is 9.99. The summed E-state index contributed by atoms with van der Waals surface area (Å²) in [5.74, 6) is 0.755. The van der Waals surface area contributed by atoms with E-state index >= 15 is 0 Å².